The molecule has 0 aliphatic heterocycles. The number of benzene rings is 1. The Morgan fingerprint density at radius 1 is 1.44 bits per heavy atom. The van der Waals surface area contributed by atoms with Crippen LogP contribution in [0.25, 0.3) is 0 Å². The van der Waals surface area contributed by atoms with Crippen LogP contribution in [0.2, 0.25) is 0 Å². The number of carbonyl (C=O) groups excluding carboxylic acids is 1. The number of hydrogen-bond acceptors (Lipinski definition) is 2. The van der Waals surface area contributed by atoms with Crippen LogP contribution in [0.15, 0.2) is 30.3 Å². The van der Waals surface area contributed by atoms with E-state index in [9.17, 15) is 4.79 Å². The molecule has 1 aromatic carbocycles. The third kappa shape index (κ3) is 3.12. The van der Waals surface area contributed by atoms with E-state index in [0.717, 1.165) is 18.4 Å². The minimum atomic E-state index is -0.570. The van der Waals surface area contributed by atoms with Gasteiger partial charge in [-0.3, -0.25) is 4.79 Å². The molecule has 1 saturated carbocycles. The van der Waals surface area contributed by atoms with Gasteiger partial charge < -0.3 is 10.6 Å². The Hall–Kier alpha value is -1.79. The Bertz CT molecular complexity index is 445. The lowest BCUT2D eigenvalue weighted by atomic mass is 10.1. The van der Waals surface area contributed by atoms with E-state index >= 15 is 0 Å². The minimum Gasteiger partial charge on any atom is -0.334 e. The second-order valence-electron chi connectivity index (χ2n) is 4.70. The summed E-state index contributed by atoms with van der Waals surface area (Å²) in [5.74, 6) is 2.43. The molecule has 18 heavy (non-hydrogen) atoms. The normalized spacial score (nSPS) is 15.8. The highest BCUT2D eigenvalue weighted by Crippen LogP contribution is 2.29. The van der Waals surface area contributed by atoms with Gasteiger partial charge in [-0.25, -0.2) is 0 Å². The number of terminal acetylenes is 1. The molecule has 0 heterocycles. The van der Waals surface area contributed by atoms with Crippen molar-refractivity contribution in [3.63, 3.8) is 0 Å². The van der Waals surface area contributed by atoms with Crippen molar-refractivity contribution < 1.29 is 4.79 Å². The monoisotopic (exact) mass is 242 g/mol. The van der Waals surface area contributed by atoms with Gasteiger partial charge >= 0.3 is 0 Å². The van der Waals surface area contributed by atoms with Crippen LogP contribution in [-0.2, 0) is 11.3 Å². The molecule has 1 fully saturated rings. The number of rotatable bonds is 5. The van der Waals surface area contributed by atoms with Crippen LogP contribution in [0.1, 0.15) is 24.8 Å². The zero-order valence-electron chi connectivity index (χ0n) is 10.4. The Morgan fingerprint density at radius 2 is 2.11 bits per heavy atom. The van der Waals surface area contributed by atoms with Crippen molar-refractivity contribution in [1.82, 2.24) is 4.90 Å². The van der Waals surface area contributed by atoms with E-state index in [2.05, 4.69) is 5.92 Å². The molecular weight excluding hydrogens is 224 g/mol. The maximum atomic E-state index is 12.2. The largest absolute Gasteiger partial charge is 0.334 e. The summed E-state index contributed by atoms with van der Waals surface area (Å²) in [6.45, 7) is 0.628. The zero-order valence-corrected chi connectivity index (χ0v) is 10.4. The molecular formula is C15H18N2O. The highest BCUT2D eigenvalue weighted by molar-refractivity contribution is 5.82. The summed E-state index contributed by atoms with van der Waals surface area (Å²) < 4.78 is 0. The predicted octanol–water partition coefficient (Wildman–Crippen LogP) is 1.53. The quantitative estimate of drug-likeness (QED) is 0.796. The van der Waals surface area contributed by atoms with E-state index in [0.29, 0.717) is 19.0 Å². The molecule has 1 aliphatic carbocycles. The number of nitrogens with zero attached hydrogens (tertiary/aromatic N) is 1. The number of hydrogen-bond donors (Lipinski definition) is 1. The number of amides is 1. The lowest BCUT2D eigenvalue weighted by Crippen LogP contribution is -2.44. The lowest BCUT2D eigenvalue weighted by molar-refractivity contribution is -0.133. The van der Waals surface area contributed by atoms with Gasteiger partial charge in [0.05, 0.1) is 6.04 Å². The third-order valence-electron chi connectivity index (χ3n) is 3.12. The molecule has 0 radical (unpaired) electrons. The molecule has 2 rings (SSSR count). The van der Waals surface area contributed by atoms with Crippen LogP contribution in [0.5, 0.6) is 0 Å². The van der Waals surface area contributed by atoms with Gasteiger partial charge in [0.2, 0.25) is 5.91 Å². The first kappa shape index (κ1) is 12.7. The van der Waals surface area contributed by atoms with Crippen LogP contribution in [0.3, 0.4) is 0 Å². The van der Waals surface area contributed by atoms with E-state index in [4.69, 9.17) is 12.2 Å². The maximum Gasteiger partial charge on any atom is 0.241 e. The highest BCUT2D eigenvalue weighted by atomic mass is 16.2. The SMILES string of the molecule is C#CCC(N)C(=O)N(Cc1ccccc1)C1CC1. The average Bonchev–Trinajstić information content (AvgIpc) is 3.21. The Balaban J connectivity index is 2.05. The molecule has 1 amide bonds. The third-order valence-corrected chi connectivity index (χ3v) is 3.12. The van der Waals surface area contributed by atoms with Crippen LogP contribution in [0.4, 0.5) is 0 Å². The molecule has 3 nitrogen and oxygen atoms in total. The van der Waals surface area contributed by atoms with Crippen molar-refractivity contribution in [3.8, 4) is 12.3 Å². The van der Waals surface area contributed by atoms with E-state index in [1.165, 1.54) is 0 Å². The zero-order chi connectivity index (χ0) is 13.0. The van der Waals surface area contributed by atoms with E-state index in [1.54, 1.807) is 0 Å². The van der Waals surface area contributed by atoms with Gasteiger partial charge in [-0.05, 0) is 18.4 Å². The summed E-state index contributed by atoms with van der Waals surface area (Å²) in [4.78, 5) is 14.1. The van der Waals surface area contributed by atoms with E-state index < -0.39 is 6.04 Å². The lowest BCUT2D eigenvalue weighted by Gasteiger charge is -2.25. The molecule has 1 aromatic rings. The Labute approximate surface area is 108 Å². The van der Waals surface area contributed by atoms with Crippen molar-refractivity contribution >= 4 is 5.91 Å². The van der Waals surface area contributed by atoms with Gasteiger partial charge in [-0.1, -0.05) is 30.3 Å². The fourth-order valence-electron chi connectivity index (χ4n) is 1.98. The predicted molar refractivity (Wildman–Crippen MR) is 71.4 cm³/mol. The molecule has 0 bridgehead atoms. The Kier molecular flexibility index (Phi) is 4.01. The van der Waals surface area contributed by atoms with Gasteiger partial charge in [-0.2, -0.15) is 0 Å². The summed E-state index contributed by atoms with van der Waals surface area (Å²) >= 11 is 0. The van der Waals surface area contributed by atoms with Gasteiger partial charge in [-0.15, -0.1) is 12.3 Å². The minimum absolute atomic E-state index is 0.0284. The molecule has 1 atom stereocenters. The summed E-state index contributed by atoms with van der Waals surface area (Å²) in [5.41, 5.74) is 6.94. The number of carbonyl (C=O) groups is 1. The van der Waals surface area contributed by atoms with Crippen molar-refractivity contribution in [1.29, 1.82) is 0 Å². The Morgan fingerprint density at radius 3 is 2.67 bits per heavy atom. The van der Waals surface area contributed by atoms with Crippen LogP contribution in [-0.4, -0.2) is 22.9 Å². The molecule has 0 saturated heterocycles. The molecule has 94 valence electrons. The average molecular weight is 242 g/mol. The van der Waals surface area contributed by atoms with Crippen molar-refractivity contribution in [2.75, 3.05) is 0 Å². The highest BCUT2D eigenvalue weighted by Gasteiger charge is 2.34. The van der Waals surface area contributed by atoms with Crippen LogP contribution < -0.4 is 5.73 Å². The topological polar surface area (TPSA) is 46.3 Å². The van der Waals surface area contributed by atoms with E-state index in [1.807, 2.05) is 35.2 Å². The van der Waals surface area contributed by atoms with Gasteiger partial charge in [0, 0.05) is 19.0 Å². The first-order chi connectivity index (χ1) is 8.72. The van der Waals surface area contributed by atoms with Crippen molar-refractivity contribution in [2.45, 2.75) is 37.9 Å². The molecule has 3 heteroatoms. The van der Waals surface area contributed by atoms with Gasteiger partial charge in [0.25, 0.3) is 0 Å². The summed E-state index contributed by atoms with van der Waals surface area (Å²) in [5, 5.41) is 0. The standard InChI is InChI=1S/C15H18N2O/c1-2-6-14(16)15(18)17(13-9-10-13)11-12-7-4-3-5-8-12/h1,3-5,7-8,13-14H,6,9-11,16H2. The maximum absolute atomic E-state index is 12.2. The fraction of sp³-hybridized carbons (Fsp3) is 0.400. The summed E-state index contributed by atoms with van der Waals surface area (Å²) in [6, 6.07) is 9.75. The van der Waals surface area contributed by atoms with E-state index in [-0.39, 0.29) is 5.91 Å². The second kappa shape index (κ2) is 5.70. The van der Waals surface area contributed by atoms with Gasteiger partial charge in [0.1, 0.15) is 0 Å². The summed E-state index contributed by atoms with van der Waals surface area (Å²) in [6.07, 6.45) is 7.65. The molecule has 1 unspecified atom stereocenters. The molecule has 2 N–H and O–H groups in total. The second-order valence-corrected chi connectivity index (χ2v) is 4.70. The summed E-state index contributed by atoms with van der Waals surface area (Å²) in [7, 11) is 0. The first-order valence-electron chi connectivity index (χ1n) is 6.26. The van der Waals surface area contributed by atoms with Gasteiger partial charge in [0.15, 0.2) is 0 Å². The molecule has 0 aromatic heterocycles. The fourth-order valence-corrected chi connectivity index (χ4v) is 1.98. The molecule has 0 spiro atoms. The number of nitrogens with two attached hydrogens (primary N) is 1. The van der Waals surface area contributed by atoms with Crippen molar-refractivity contribution in [3.05, 3.63) is 35.9 Å². The van der Waals surface area contributed by atoms with Crippen molar-refractivity contribution in [2.24, 2.45) is 5.73 Å². The first-order valence-corrected chi connectivity index (χ1v) is 6.26. The smallest absolute Gasteiger partial charge is 0.241 e. The molecule has 1 aliphatic rings. The van der Waals surface area contributed by atoms with Crippen LogP contribution >= 0.6 is 0 Å². The van der Waals surface area contributed by atoms with Crippen LogP contribution in [0, 0.1) is 12.3 Å².